The Hall–Kier alpha value is -1.42. The predicted molar refractivity (Wildman–Crippen MR) is 66.9 cm³/mol. The van der Waals surface area contributed by atoms with Crippen molar-refractivity contribution in [3.63, 3.8) is 0 Å². The highest BCUT2D eigenvalue weighted by Gasteiger charge is 2.13. The van der Waals surface area contributed by atoms with Crippen LogP contribution in [0, 0.1) is 6.92 Å². The third-order valence-corrected chi connectivity index (χ3v) is 3.08. The van der Waals surface area contributed by atoms with E-state index in [1.54, 1.807) is 12.3 Å². The minimum absolute atomic E-state index is 0.0112. The highest BCUT2D eigenvalue weighted by atomic mass is 16.1. The van der Waals surface area contributed by atoms with Crippen molar-refractivity contribution in [3.8, 4) is 0 Å². The molecule has 0 aromatic carbocycles. The highest BCUT2D eigenvalue weighted by molar-refractivity contribution is 5.94. The predicted octanol–water partition coefficient (Wildman–Crippen LogP) is 1.26. The number of aryl methyl sites for hydroxylation is 1. The molecule has 0 saturated carbocycles. The zero-order valence-corrected chi connectivity index (χ0v) is 10.2. The molecule has 4 heteroatoms. The summed E-state index contributed by atoms with van der Waals surface area (Å²) in [6.07, 6.45) is 5.31. The van der Waals surface area contributed by atoms with Gasteiger partial charge in [-0.25, -0.2) is 0 Å². The van der Waals surface area contributed by atoms with Gasteiger partial charge in [0.05, 0.1) is 0 Å². The number of amides is 1. The van der Waals surface area contributed by atoms with Gasteiger partial charge in [0.15, 0.2) is 0 Å². The van der Waals surface area contributed by atoms with Crippen molar-refractivity contribution in [1.82, 2.24) is 15.6 Å². The standard InChI is InChI=1S/C13H19N3O/c1-10-8-11(5-7-14-10)13(17)16-9-12-4-2-3-6-15-12/h5,7-8,12,15H,2-4,6,9H2,1H3,(H,16,17). The molecule has 1 amide bonds. The van der Waals surface area contributed by atoms with E-state index >= 15 is 0 Å². The fourth-order valence-electron chi connectivity index (χ4n) is 2.10. The van der Waals surface area contributed by atoms with Crippen LogP contribution in [0.25, 0.3) is 0 Å². The Morgan fingerprint density at radius 1 is 1.59 bits per heavy atom. The molecule has 1 atom stereocenters. The van der Waals surface area contributed by atoms with E-state index in [9.17, 15) is 4.79 Å². The maximum absolute atomic E-state index is 11.9. The molecule has 2 rings (SSSR count). The Labute approximate surface area is 102 Å². The van der Waals surface area contributed by atoms with Gasteiger partial charge in [-0.2, -0.15) is 0 Å². The summed E-state index contributed by atoms with van der Waals surface area (Å²) in [5, 5.41) is 6.38. The maximum Gasteiger partial charge on any atom is 0.251 e. The van der Waals surface area contributed by atoms with Gasteiger partial charge in [-0.05, 0) is 38.4 Å². The van der Waals surface area contributed by atoms with Gasteiger partial charge >= 0.3 is 0 Å². The zero-order chi connectivity index (χ0) is 12.1. The zero-order valence-electron chi connectivity index (χ0n) is 10.2. The molecule has 0 bridgehead atoms. The van der Waals surface area contributed by atoms with E-state index in [-0.39, 0.29) is 5.91 Å². The number of nitrogens with zero attached hydrogens (tertiary/aromatic N) is 1. The van der Waals surface area contributed by atoms with E-state index in [2.05, 4.69) is 15.6 Å². The number of nitrogens with one attached hydrogen (secondary N) is 2. The van der Waals surface area contributed by atoms with Crippen molar-refractivity contribution >= 4 is 5.91 Å². The van der Waals surface area contributed by atoms with Crippen LogP contribution in [-0.2, 0) is 0 Å². The van der Waals surface area contributed by atoms with Crippen LogP contribution in [0.1, 0.15) is 35.3 Å². The Morgan fingerprint density at radius 2 is 2.47 bits per heavy atom. The monoisotopic (exact) mass is 233 g/mol. The number of pyridine rings is 1. The third-order valence-electron chi connectivity index (χ3n) is 3.08. The van der Waals surface area contributed by atoms with E-state index in [0.29, 0.717) is 18.2 Å². The Morgan fingerprint density at radius 3 is 3.18 bits per heavy atom. The van der Waals surface area contributed by atoms with Crippen molar-refractivity contribution in [3.05, 3.63) is 29.6 Å². The first kappa shape index (κ1) is 12.0. The second kappa shape index (κ2) is 5.77. The number of piperidine rings is 1. The van der Waals surface area contributed by atoms with Gasteiger partial charge in [0, 0.05) is 30.0 Å². The minimum Gasteiger partial charge on any atom is -0.350 e. The molecule has 1 aliphatic heterocycles. The van der Waals surface area contributed by atoms with Crippen LogP contribution in [-0.4, -0.2) is 30.0 Å². The summed E-state index contributed by atoms with van der Waals surface area (Å²) in [7, 11) is 0. The van der Waals surface area contributed by atoms with Crippen molar-refractivity contribution in [1.29, 1.82) is 0 Å². The van der Waals surface area contributed by atoms with Gasteiger partial charge in [-0.3, -0.25) is 9.78 Å². The average Bonchev–Trinajstić information content (AvgIpc) is 2.37. The summed E-state index contributed by atoms with van der Waals surface area (Å²) in [4.78, 5) is 16.0. The van der Waals surface area contributed by atoms with Crippen LogP contribution in [0.4, 0.5) is 0 Å². The number of rotatable bonds is 3. The van der Waals surface area contributed by atoms with Crippen LogP contribution >= 0.6 is 0 Å². The molecule has 17 heavy (non-hydrogen) atoms. The minimum atomic E-state index is -0.0112. The van der Waals surface area contributed by atoms with E-state index in [0.717, 1.165) is 18.7 Å². The summed E-state index contributed by atoms with van der Waals surface area (Å²) in [6, 6.07) is 3.98. The Bertz CT molecular complexity index is 386. The van der Waals surface area contributed by atoms with Gasteiger partial charge in [0.25, 0.3) is 5.91 Å². The smallest absolute Gasteiger partial charge is 0.251 e. The van der Waals surface area contributed by atoms with Crippen LogP contribution in [0.5, 0.6) is 0 Å². The topological polar surface area (TPSA) is 54.0 Å². The van der Waals surface area contributed by atoms with E-state index in [1.807, 2.05) is 13.0 Å². The Kier molecular flexibility index (Phi) is 4.09. The number of carbonyl (C=O) groups is 1. The summed E-state index contributed by atoms with van der Waals surface area (Å²) in [5.74, 6) is -0.0112. The number of hydrogen-bond acceptors (Lipinski definition) is 3. The van der Waals surface area contributed by atoms with Crippen LogP contribution in [0.2, 0.25) is 0 Å². The Balaban J connectivity index is 1.84. The summed E-state index contributed by atoms with van der Waals surface area (Å²) >= 11 is 0. The van der Waals surface area contributed by atoms with Crippen molar-refractivity contribution in [2.75, 3.05) is 13.1 Å². The first-order chi connectivity index (χ1) is 8.25. The van der Waals surface area contributed by atoms with Crippen molar-refractivity contribution in [2.24, 2.45) is 0 Å². The molecule has 2 N–H and O–H groups in total. The van der Waals surface area contributed by atoms with Gasteiger partial charge in [0.1, 0.15) is 0 Å². The van der Waals surface area contributed by atoms with Crippen LogP contribution < -0.4 is 10.6 Å². The molecule has 1 saturated heterocycles. The molecular weight excluding hydrogens is 214 g/mol. The van der Waals surface area contributed by atoms with Crippen LogP contribution in [0.15, 0.2) is 18.3 Å². The van der Waals surface area contributed by atoms with E-state index in [4.69, 9.17) is 0 Å². The summed E-state index contributed by atoms with van der Waals surface area (Å²) in [5.41, 5.74) is 1.56. The number of hydrogen-bond donors (Lipinski definition) is 2. The first-order valence-electron chi connectivity index (χ1n) is 6.20. The van der Waals surface area contributed by atoms with Crippen molar-refractivity contribution in [2.45, 2.75) is 32.2 Å². The summed E-state index contributed by atoms with van der Waals surface area (Å²) in [6.45, 7) is 3.66. The fraction of sp³-hybridized carbons (Fsp3) is 0.538. The van der Waals surface area contributed by atoms with E-state index < -0.39 is 0 Å². The SMILES string of the molecule is Cc1cc(C(=O)NCC2CCCCN2)ccn1. The molecule has 0 radical (unpaired) electrons. The lowest BCUT2D eigenvalue weighted by atomic mass is 10.1. The lowest BCUT2D eigenvalue weighted by Gasteiger charge is -2.23. The molecule has 1 fully saturated rings. The normalized spacial score (nSPS) is 19.9. The fourth-order valence-corrected chi connectivity index (χ4v) is 2.10. The lowest BCUT2D eigenvalue weighted by Crippen LogP contribution is -2.43. The largest absolute Gasteiger partial charge is 0.350 e. The second-order valence-electron chi connectivity index (χ2n) is 4.54. The van der Waals surface area contributed by atoms with Gasteiger partial charge < -0.3 is 10.6 Å². The molecule has 1 aromatic heterocycles. The van der Waals surface area contributed by atoms with E-state index in [1.165, 1.54) is 12.8 Å². The molecule has 2 heterocycles. The molecular formula is C13H19N3O. The molecule has 4 nitrogen and oxygen atoms in total. The number of carbonyl (C=O) groups excluding carboxylic acids is 1. The average molecular weight is 233 g/mol. The maximum atomic E-state index is 11.9. The molecule has 0 aliphatic carbocycles. The van der Waals surface area contributed by atoms with Crippen LogP contribution in [0.3, 0.4) is 0 Å². The molecule has 92 valence electrons. The first-order valence-corrected chi connectivity index (χ1v) is 6.20. The molecule has 0 spiro atoms. The van der Waals surface area contributed by atoms with Gasteiger partial charge in [-0.1, -0.05) is 6.42 Å². The highest BCUT2D eigenvalue weighted by Crippen LogP contribution is 2.06. The second-order valence-corrected chi connectivity index (χ2v) is 4.54. The lowest BCUT2D eigenvalue weighted by molar-refractivity contribution is 0.0947. The molecule has 1 unspecified atom stereocenters. The van der Waals surface area contributed by atoms with Crippen molar-refractivity contribution < 1.29 is 4.79 Å². The quantitative estimate of drug-likeness (QED) is 0.826. The van der Waals surface area contributed by atoms with Gasteiger partial charge in [0.2, 0.25) is 0 Å². The third kappa shape index (κ3) is 3.53. The summed E-state index contributed by atoms with van der Waals surface area (Å²) < 4.78 is 0. The molecule has 1 aromatic rings. The molecule has 1 aliphatic rings. The van der Waals surface area contributed by atoms with Gasteiger partial charge in [-0.15, -0.1) is 0 Å². The number of aromatic nitrogens is 1.